The van der Waals surface area contributed by atoms with Crippen LogP contribution in [0.3, 0.4) is 0 Å². The van der Waals surface area contributed by atoms with E-state index < -0.39 is 5.54 Å². The molecule has 0 bridgehead atoms. The highest BCUT2D eigenvalue weighted by molar-refractivity contribution is 6.06. The van der Waals surface area contributed by atoms with Gasteiger partial charge in [0.2, 0.25) is 0 Å². The number of urea groups is 1. The summed E-state index contributed by atoms with van der Waals surface area (Å²) in [6.45, 7) is 7.55. The molecule has 8 nitrogen and oxygen atoms in total. The zero-order valence-corrected chi connectivity index (χ0v) is 14.7. The van der Waals surface area contributed by atoms with E-state index in [1.807, 2.05) is 4.90 Å². The minimum absolute atomic E-state index is 0.00466. The highest BCUT2D eigenvalue weighted by Gasteiger charge is 2.43. The number of hydrogen-bond acceptors (Lipinski definition) is 5. The number of carbonyl (C=O) groups is 3. The Kier molecular flexibility index (Phi) is 4.80. The molecule has 0 atom stereocenters. The molecule has 2 aliphatic heterocycles. The summed E-state index contributed by atoms with van der Waals surface area (Å²) in [7, 11) is 0. The number of carbonyl (C=O) groups excluding carboxylic acids is 3. The van der Waals surface area contributed by atoms with Crippen molar-refractivity contribution in [3.05, 3.63) is 24.2 Å². The first-order valence-electron chi connectivity index (χ1n) is 8.56. The topological polar surface area (TPSA) is 86.1 Å². The molecule has 1 aromatic heterocycles. The number of amides is 4. The van der Waals surface area contributed by atoms with E-state index in [-0.39, 0.29) is 17.8 Å². The highest BCUT2D eigenvalue weighted by atomic mass is 16.3. The largest absolute Gasteiger partial charge is 0.472 e. The van der Waals surface area contributed by atoms with Crippen molar-refractivity contribution in [1.82, 2.24) is 20.0 Å². The minimum Gasteiger partial charge on any atom is -0.472 e. The summed E-state index contributed by atoms with van der Waals surface area (Å²) in [6, 6.07) is 1.36. The maximum Gasteiger partial charge on any atom is 0.325 e. The van der Waals surface area contributed by atoms with E-state index in [9.17, 15) is 14.4 Å². The van der Waals surface area contributed by atoms with Crippen LogP contribution in [0.4, 0.5) is 4.79 Å². The standard InChI is InChI=1S/C17H24N4O4/c1-17(2)15(23)21(16(24)18-17)6-3-5-19-7-9-20(10-8-19)14(22)13-4-11-25-12-13/h4,11-12H,3,5-10H2,1-2H3,(H,18,24). The van der Waals surface area contributed by atoms with Crippen molar-refractivity contribution in [3.8, 4) is 0 Å². The average Bonchev–Trinajstić information content (AvgIpc) is 3.17. The van der Waals surface area contributed by atoms with Crippen molar-refractivity contribution in [2.45, 2.75) is 25.8 Å². The molecule has 3 rings (SSSR count). The molecule has 4 amide bonds. The molecule has 8 heteroatoms. The molecule has 1 aromatic rings. The Morgan fingerprint density at radius 3 is 2.48 bits per heavy atom. The van der Waals surface area contributed by atoms with Crippen molar-refractivity contribution in [2.75, 3.05) is 39.3 Å². The lowest BCUT2D eigenvalue weighted by molar-refractivity contribution is -0.130. The lowest BCUT2D eigenvalue weighted by atomic mass is 10.1. The minimum atomic E-state index is -0.809. The van der Waals surface area contributed by atoms with Crippen molar-refractivity contribution < 1.29 is 18.8 Å². The number of hydrogen-bond donors (Lipinski definition) is 1. The number of nitrogens with one attached hydrogen (secondary N) is 1. The predicted molar refractivity (Wildman–Crippen MR) is 90.0 cm³/mol. The Hall–Kier alpha value is -2.35. The van der Waals surface area contributed by atoms with Gasteiger partial charge in [-0.05, 0) is 32.9 Å². The number of nitrogens with zero attached hydrogens (tertiary/aromatic N) is 3. The fraction of sp³-hybridized carbons (Fsp3) is 0.588. The van der Waals surface area contributed by atoms with Crippen LogP contribution in [-0.2, 0) is 4.79 Å². The predicted octanol–water partition coefficient (Wildman–Crippen LogP) is 0.758. The van der Waals surface area contributed by atoms with Gasteiger partial charge in [0.05, 0.1) is 11.8 Å². The lowest BCUT2D eigenvalue weighted by Gasteiger charge is -2.34. The zero-order chi connectivity index (χ0) is 18.0. The molecular weight excluding hydrogens is 324 g/mol. The molecule has 3 heterocycles. The van der Waals surface area contributed by atoms with Crippen molar-refractivity contribution in [1.29, 1.82) is 0 Å². The quantitative estimate of drug-likeness (QED) is 0.794. The van der Waals surface area contributed by atoms with Crippen LogP contribution in [-0.4, -0.2) is 77.4 Å². The second-order valence-electron chi connectivity index (χ2n) is 7.01. The van der Waals surface area contributed by atoms with E-state index in [4.69, 9.17) is 4.42 Å². The molecule has 2 aliphatic rings. The Balaban J connectivity index is 1.41. The number of imide groups is 1. The molecule has 2 saturated heterocycles. The maximum atomic E-state index is 12.2. The summed E-state index contributed by atoms with van der Waals surface area (Å²) in [5.74, 6) is -0.178. The summed E-state index contributed by atoms with van der Waals surface area (Å²) < 4.78 is 4.96. The number of rotatable bonds is 5. The Morgan fingerprint density at radius 2 is 1.92 bits per heavy atom. The monoisotopic (exact) mass is 348 g/mol. The van der Waals surface area contributed by atoms with E-state index in [2.05, 4.69) is 10.2 Å². The number of furan rings is 1. The van der Waals surface area contributed by atoms with Gasteiger partial charge in [0.15, 0.2) is 0 Å². The van der Waals surface area contributed by atoms with E-state index in [0.717, 1.165) is 26.1 Å². The first-order valence-corrected chi connectivity index (χ1v) is 8.56. The van der Waals surface area contributed by atoms with Gasteiger partial charge in [-0.1, -0.05) is 0 Å². The first kappa shape index (κ1) is 17.5. The normalized spacial score (nSPS) is 20.9. The van der Waals surface area contributed by atoms with Crippen LogP contribution in [0.1, 0.15) is 30.6 Å². The third kappa shape index (κ3) is 3.68. The lowest BCUT2D eigenvalue weighted by Crippen LogP contribution is -2.49. The number of piperazine rings is 1. The zero-order valence-electron chi connectivity index (χ0n) is 14.7. The van der Waals surface area contributed by atoms with Gasteiger partial charge in [0.25, 0.3) is 11.8 Å². The van der Waals surface area contributed by atoms with Gasteiger partial charge < -0.3 is 14.6 Å². The Morgan fingerprint density at radius 1 is 1.20 bits per heavy atom. The smallest absolute Gasteiger partial charge is 0.325 e. The molecule has 0 aromatic carbocycles. The van der Waals surface area contributed by atoms with Crippen molar-refractivity contribution in [3.63, 3.8) is 0 Å². The third-order valence-corrected chi connectivity index (χ3v) is 4.73. The molecule has 0 spiro atoms. The molecule has 25 heavy (non-hydrogen) atoms. The highest BCUT2D eigenvalue weighted by Crippen LogP contribution is 2.17. The van der Waals surface area contributed by atoms with Crippen molar-refractivity contribution >= 4 is 17.8 Å². The van der Waals surface area contributed by atoms with Gasteiger partial charge in [0, 0.05) is 32.7 Å². The summed E-state index contributed by atoms with van der Waals surface area (Å²) in [6.07, 6.45) is 3.69. The van der Waals surface area contributed by atoms with Gasteiger partial charge in [-0.15, -0.1) is 0 Å². The van der Waals surface area contributed by atoms with Gasteiger partial charge >= 0.3 is 6.03 Å². The molecule has 0 aliphatic carbocycles. The second-order valence-corrected chi connectivity index (χ2v) is 7.01. The first-order chi connectivity index (χ1) is 11.9. The summed E-state index contributed by atoms with van der Waals surface area (Å²) in [4.78, 5) is 41.6. The van der Waals surface area contributed by atoms with Crippen LogP contribution in [0.5, 0.6) is 0 Å². The van der Waals surface area contributed by atoms with Crippen LogP contribution < -0.4 is 5.32 Å². The van der Waals surface area contributed by atoms with E-state index in [0.29, 0.717) is 25.2 Å². The molecule has 2 fully saturated rings. The van der Waals surface area contributed by atoms with Gasteiger partial charge in [-0.2, -0.15) is 0 Å². The van der Waals surface area contributed by atoms with Gasteiger partial charge in [-0.3, -0.25) is 19.4 Å². The summed E-state index contributed by atoms with van der Waals surface area (Å²) in [5.41, 5.74) is -0.231. The molecule has 0 radical (unpaired) electrons. The molecular formula is C17H24N4O4. The fourth-order valence-electron chi connectivity index (χ4n) is 3.22. The third-order valence-electron chi connectivity index (χ3n) is 4.73. The van der Waals surface area contributed by atoms with Crippen LogP contribution in [0, 0.1) is 0 Å². The fourth-order valence-corrected chi connectivity index (χ4v) is 3.22. The van der Waals surface area contributed by atoms with Gasteiger partial charge in [-0.25, -0.2) is 4.79 Å². The van der Waals surface area contributed by atoms with Crippen LogP contribution >= 0.6 is 0 Å². The van der Waals surface area contributed by atoms with Crippen LogP contribution in [0.15, 0.2) is 23.0 Å². The average molecular weight is 348 g/mol. The Labute approximate surface area is 146 Å². The molecule has 0 saturated carbocycles. The maximum absolute atomic E-state index is 12.2. The van der Waals surface area contributed by atoms with Crippen LogP contribution in [0.2, 0.25) is 0 Å². The van der Waals surface area contributed by atoms with E-state index in [1.165, 1.54) is 17.4 Å². The molecule has 0 unspecified atom stereocenters. The van der Waals surface area contributed by atoms with Gasteiger partial charge in [0.1, 0.15) is 11.8 Å². The van der Waals surface area contributed by atoms with Crippen molar-refractivity contribution in [2.24, 2.45) is 0 Å². The Bertz CT molecular complexity index is 648. The van der Waals surface area contributed by atoms with E-state index >= 15 is 0 Å². The summed E-state index contributed by atoms with van der Waals surface area (Å²) >= 11 is 0. The molecule has 136 valence electrons. The SMILES string of the molecule is CC1(C)NC(=O)N(CCCN2CCN(C(=O)c3ccoc3)CC2)C1=O. The van der Waals surface area contributed by atoms with E-state index in [1.54, 1.807) is 19.9 Å². The summed E-state index contributed by atoms with van der Waals surface area (Å²) in [5, 5.41) is 2.69. The second kappa shape index (κ2) is 6.87. The molecule has 1 N–H and O–H groups in total. The van der Waals surface area contributed by atoms with Crippen LogP contribution in [0.25, 0.3) is 0 Å².